The molecule has 1 N–H and O–H groups in total. The van der Waals surface area contributed by atoms with E-state index in [1.54, 1.807) is 12.1 Å². The Balaban J connectivity index is 3.18. The summed E-state index contributed by atoms with van der Waals surface area (Å²) < 4.78 is 4.57. The van der Waals surface area contributed by atoms with Crippen molar-refractivity contribution in [2.24, 2.45) is 0 Å². The normalized spacial score (nSPS) is 11.2. The number of aliphatic hydroxyl groups excluding tert-OH is 1. The Morgan fingerprint density at radius 3 is 2.73 bits per heavy atom. The van der Waals surface area contributed by atoms with E-state index in [1.165, 1.54) is 7.11 Å². The van der Waals surface area contributed by atoms with Crippen molar-refractivity contribution in [1.82, 2.24) is 0 Å². The Labute approximate surface area is 96.5 Å². The molecular weight excluding hydrogens is 260 g/mol. The molecule has 0 spiro atoms. The van der Waals surface area contributed by atoms with Crippen molar-refractivity contribution in [1.29, 1.82) is 0 Å². The number of ether oxygens (including phenoxy) is 1. The molecule has 0 amide bonds. The zero-order valence-electron chi connectivity index (χ0n) is 8.24. The quantitative estimate of drug-likeness (QED) is 0.398. The van der Waals surface area contributed by atoms with E-state index in [4.69, 9.17) is 5.11 Å². The average molecular weight is 271 g/mol. The lowest BCUT2D eigenvalue weighted by atomic mass is 10.0. The van der Waals surface area contributed by atoms with Crippen LogP contribution in [0.4, 0.5) is 0 Å². The number of methoxy groups -OCH3 is 1. The van der Waals surface area contributed by atoms with Gasteiger partial charge in [0.2, 0.25) is 0 Å². The van der Waals surface area contributed by atoms with Gasteiger partial charge in [-0.2, -0.15) is 0 Å². The molecule has 0 bridgehead atoms. The summed E-state index contributed by atoms with van der Waals surface area (Å²) in [7, 11) is 1.28. The summed E-state index contributed by atoms with van der Waals surface area (Å²) in [5.41, 5.74) is 1.75. The SMILES string of the molecule is COC(=O)C(=CO)c1ccccc1CBr. The van der Waals surface area contributed by atoms with Crippen molar-refractivity contribution < 1.29 is 14.6 Å². The molecule has 0 atom stereocenters. The molecule has 3 nitrogen and oxygen atoms in total. The van der Waals surface area contributed by atoms with Crippen molar-refractivity contribution in [3.05, 3.63) is 41.7 Å². The number of alkyl halides is 1. The van der Waals surface area contributed by atoms with Gasteiger partial charge in [-0.15, -0.1) is 0 Å². The number of carbonyl (C=O) groups is 1. The topological polar surface area (TPSA) is 46.5 Å². The van der Waals surface area contributed by atoms with Gasteiger partial charge in [-0.3, -0.25) is 0 Å². The highest BCUT2D eigenvalue weighted by atomic mass is 79.9. The van der Waals surface area contributed by atoms with E-state index in [1.807, 2.05) is 12.1 Å². The fraction of sp³-hybridized carbons (Fsp3) is 0.182. The summed E-state index contributed by atoms with van der Waals surface area (Å²) in [5.74, 6) is -0.550. The van der Waals surface area contributed by atoms with Crippen LogP contribution in [-0.2, 0) is 14.9 Å². The molecule has 0 saturated carbocycles. The summed E-state index contributed by atoms with van der Waals surface area (Å²) in [6.07, 6.45) is 0.771. The number of carbonyl (C=O) groups excluding carboxylic acids is 1. The maximum atomic E-state index is 11.3. The van der Waals surface area contributed by atoms with E-state index in [0.29, 0.717) is 10.9 Å². The van der Waals surface area contributed by atoms with Gasteiger partial charge in [-0.25, -0.2) is 4.79 Å². The average Bonchev–Trinajstić information content (AvgIpc) is 2.30. The van der Waals surface area contributed by atoms with Gasteiger partial charge in [0.05, 0.1) is 13.4 Å². The third-order valence-corrected chi connectivity index (χ3v) is 2.59. The molecule has 0 radical (unpaired) electrons. The fourth-order valence-corrected chi connectivity index (χ4v) is 1.73. The van der Waals surface area contributed by atoms with Crippen LogP contribution in [-0.4, -0.2) is 18.2 Å². The lowest BCUT2D eigenvalue weighted by Gasteiger charge is -2.08. The Kier molecular flexibility index (Phi) is 4.37. The minimum atomic E-state index is -0.550. The largest absolute Gasteiger partial charge is 0.515 e. The van der Waals surface area contributed by atoms with Crippen LogP contribution in [0.25, 0.3) is 5.57 Å². The van der Waals surface area contributed by atoms with Gasteiger partial charge >= 0.3 is 5.97 Å². The predicted octanol–water partition coefficient (Wildman–Crippen LogP) is 2.65. The van der Waals surface area contributed by atoms with Crippen LogP contribution in [0.5, 0.6) is 0 Å². The molecule has 4 heteroatoms. The lowest BCUT2D eigenvalue weighted by Crippen LogP contribution is -2.05. The number of benzene rings is 1. The van der Waals surface area contributed by atoms with Gasteiger partial charge in [-0.1, -0.05) is 40.2 Å². The highest BCUT2D eigenvalue weighted by Crippen LogP contribution is 2.21. The van der Waals surface area contributed by atoms with Crippen LogP contribution in [0.1, 0.15) is 11.1 Å². The highest BCUT2D eigenvalue weighted by molar-refractivity contribution is 9.08. The van der Waals surface area contributed by atoms with Crippen LogP contribution in [0, 0.1) is 0 Å². The first kappa shape index (κ1) is 11.8. The highest BCUT2D eigenvalue weighted by Gasteiger charge is 2.15. The third-order valence-electron chi connectivity index (χ3n) is 1.99. The molecule has 1 aromatic rings. The van der Waals surface area contributed by atoms with Crippen LogP contribution in [0.2, 0.25) is 0 Å². The summed E-state index contributed by atoms with van der Waals surface area (Å²) >= 11 is 3.32. The van der Waals surface area contributed by atoms with Gasteiger partial charge in [0.15, 0.2) is 0 Å². The van der Waals surface area contributed by atoms with E-state index >= 15 is 0 Å². The first-order chi connectivity index (χ1) is 7.24. The second-order valence-corrected chi connectivity index (χ2v) is 3.39. The summed E-state index contributed by atoms with van der Waals surface area (Å²) in [6, 6.07) is 7.30. The molecule has 0 aromatic heterocycles. The number of rotatable bonds is 3. The maximum Gasteiger partial charge on any atom is 0.341 e. The number of hydrogen-bond donors (Lipinski definition) is 1. The Bertz CT molecular complexity index is 385. The van der Waals surface area contributed by atoms with Gasteiger partial charge in [0, 0.05) is 5.33 Å². The van der Waals surface area contributed by atoms with Gasteiger partial charge in [0.1, 0.15) is 5.57 Å². The van der Waals surface area contributed by atoms with E-state index < -0.39 is 5.97 Å². The van der Waals surface area contributed by atoms with Crippen molar-refractivity contribution in [2.45, 2.75) is 5.33 Å². The van der Waals surface area contributed by atoms with Crippen LogP contribution >= 0.6 is 15.9 Å². The predicted molar refractivity (Wildman–Crippen MR) is 61.7 cm³/mol. The van der Waals surface area contributed by atoms with E-state index in [2.05, 4.69) is 20.7 Å². The van der Waals surface area contributed by atoms with Gasteiger partial charge < -0.3 is 9.84 Å². The second kappa shape index (κ2) is 5.56. The Morgan fingerprint density at radius 2 is 2.20 bits per heavy atom. The first-order valence-corrected chi connectivity index (χ1v) is 5.43. The summed E-state index contributed by atoms with van der Waals surface area (Å²) in [5, 5.41) is 9.63. The fourth-order valence-electron chi connectivity index (χ4n) is 1.24. The zero-order valence-corrected chi connectivity index (χ0v) is 9.82. The van der Waals surface area contributed by atoms with Gasteiger partial charge in [-0.05, 0) is 11.1 Å². The summed E-state index contributed by atoms with van der Waals surface area (Å²) in [4.78, 5) is 11.3. The molecular formula is C11H11BrO3. The number of hydrogen-bond acceptors (Lipinski definition) is 3. The molecule has 15 heavy (non-hydrogen) atoms. The Morgan fingerprint density at radius 1 is 1.53 bits per heavy atom. The standard InChI is InChI=1S/C11H11BrO3/c1-15-11(14)10(7-13)9-5-3-2-4-8(9)6-12/h2-5,7,13H,6H2,1H3. The monoisotopic (exact) mass is 270 g/mol. The van der Waals surface area contributed by atoms with Crippen LogP contribution in [0.15, 0.2) is 30.5 Å². The number of halogens is 1. The van der Waals surface area contributed by atoms with Crippen molar-refractivity contribution in [2.75, 3.05) is 7.11 Å². The molecule has 1 rings (SSSR count). The molecule has 1 aromatic carbocycles. The molecule has 0 aliphatic carbocycles. The zero-order chi connectivity index (χ0) is 11.3. The molecule has 0 saturated heterocycles. The smallest absolute Gasteiger partial charge is 0.341 e. The van der Waals surface area contributed by atoms with E-state index in [9.17, 15) is 4.79 Å². The minimum absolute atomic E-state index is 0.160. The molecule has 0 aliphatic heterocycles. The van der Waals surface area contributed by atoms with Crippen LogP contribution < -0.4 is 0 Å². The number of aliphatic hydroxyl groups is 1. The summed E-state index contributed by atoms with van der Waals surface area (Å²) in [6.45, 7) is 0. The van der Waals surface area contributed by atoms with Gasteiger partial charge in [0.25, 0.3) is 0 Å². The molecule has 80 valence electrons. The second-order valence-electron chi connectivity index (χ2n) is 2.83. The number of esters is 1. The first-order valence-electron chi connectivity index (χ1n) is 4.31. The van der Waals surface area contributed by atoms with Crippen molar-refractivity contribution in [3.8, 4) is 0 Å². The van der Waals surface area contributed by atoms with Crippen molar-refractivity contribution in [3.63, 3.8) is 0 Å². The minimum Gasteiger partial charge on any atom is -0.515 e. The maximum absolute atomic E-state index is 11.3. The molecule has 0 unspecified atom stereocenters. The third kappa shape index (κ3) is 2.59. The van der Waals surface area contributed by atoms with Crippen molar-refractivity contribution >= 4 is 27.5 Å². The Hall–Kier alpha value is -1.29. The lowest BCUT2D eigenvalue weighted by molar-refractivity contribution is -0.133. The molecule has 0 aliphatic rings. The molecule has 0 heterocycles. The van der Waals surface area contributed by atoms with Crippen LogP contribution in [0.3, 0.4) is 0 Å². The van der Waals surface area contributed by atoms with E-state index in [0.717, 1.165) is 11.8 Å². The van der Waals surface area contributed by atoms with E-state index in [-0.39, 0.29) is 5.57 Å². The molecule has 0 fully saturated rings.